The van der Waals surface area contributed by atoms with Crippen molar-refractivity contribution < 1.29 is 13.3 Å². The summed E-state index contributed by atoms with van der Waals surface area (Å²) in [7, 11) is 0. The van der Waals surface area contributed by atoms with Crippen molar-refractivity contribution in [2.45, 2.75) is 6.92 Å². The molecule has 0 aromatic rings. The maximum absolute atomic E-state index is 11.8. The molecule has 0 aliphatic heterocycles. The summed E-state index contributed by atoms with van der Waals surface area (Å²) in [4.78, 5) is 0. The minimum absolute atomic E-state index is 1.02. The van der Waals surface area contributed by atoms with E-state index in [9.17, 15) is 8.76 Å². The lowest BCUT2D eigenvalue weighted by Gasteiger charge is -1.94. The van der Waals surface area contributed by atoms with Crippen LogP contribution in [0.5, 0.6) is 0 Å². The van der Waals surface area contributed by atoms with Gasteiger partial charge < -0.3 is 4.52 Å². The Hall–Kier alpha value is 0.180. The maximum Gasteiger partial charge on any atom is 0.483 e. The average molecular weight is 203 g/mol. The van der Waals surface area contributed by atoms with Crippen molar-refractivity contribution >= 4 is 21.9 Å². The van der Waals surface area contributed by atoms with Gasteiger partial charge in [0.2, 0.25) is 0 Å². The van der Waals surface area contributed by atoms with Crippen molar-refractivity contribution in [1.29, 1.82) is 0 Å². The van der Waals surface area contributed by atoms with Crippen LogP contribution in [0.2, 0.25) is 0 Å². The zero-order valence-electron chi connectivity index (χ0n) is 4.17. The summed E-state index contributed by atoms with van der Waals surface area (Å²) in [6.07, 6.45) is -1.50. The van der Waals surface area contributed by atoms with Gasteiger partial charge in [0.1, 0.15) is 0 Å². The highest BCUT2D eigenvalue weighted by Crippen LogP contribution is 2.56. The van der Waals surface area contributed by atoms with Gasteiger partial charge in [-0.2, -0.15) is 0 Å². The topological polar surface area (TPSA) is 26.3 Å². The molecule has 0 aliphatic carbocycles. The van der Waals surface area contributed by atoms with E-state index in [1.165, 1.54) is 6.08 Å². The Kier molecular flexibility index (Phi) is 3.33. The minimum Gasteiger partial charge on any atom is -0.422 e. The molecule has 0 amide bonds. The van der Waals surface area contributed by atoms with Gasteiger partial charge in [0.05, 0.1) is 21.8 Å². The van der Waals surface area contributed by atoms with Crippen LogP contribution in [0.4, 0.5) is 4.20 Å². The molecular formula is C3H5BrFO2P. The minimum atomic E-state index is -3.96. The molecule has 0 fully saturated rings. The number of allylic oxidation sites excluding steroid dienone is 1. The molecule has 0 spiro atoms. The molecule has 0 aliphatic rings. The molecule has 5 heteroatoms. The van der Waals surface area contributed by atoms with Gasteiger partial charge >= 0.3 is 6.38 Å². The fourth-order valence-electron chi connectivity index (χ4n) is 0.132. The van der Waals surface area contributed by atoms with E-state index in [0.717, 1.165) is 6.26 Å². The highest BCUT2D eigenvalue weighted by atomic mass is 79.9. The fourth-order valence-corrected chi connectivity index (χ4v) is 0.685. The quantitative estimate of drug-likeness (QED) is 0.509. The summed E-state index contributed by atoms with van der Waals surface area (Å²) in [5.41, 5.74) is 0. The second kappa shape index (κ2) is 3.25. The lowest BCUT2D eigenvalue weighted by molar-refractivity contribution is 0.418. The molecule has 0 bridgehead atoms. The third-order valence-electron chi connectivity index (χ3n) is 0.320. The van der Waals surface area contributed by atoms with Crippen molar-refractivity contribution in [3.8, 4) is 0 Å². The van der Waals surface area contributed by atoms with Crippen LogP contribution in [0.3, 0.4) is 0 Å². The fraction of sp³-hybridized carbons (Fsp3) is 0.333. The van der Waals surface area contributed by atoms with E-state index in [2.05, 4.69) is 20.0 Å². The summed E-state index contributed by atoms with van der Waals surface area (Å²) in [6.45, 7) is 1.63. The number of hydrogen-bond acceptors (Lipinski definition) is 2. The second-order valence-corrected chi connectivity index (χ2v) is 4.57. The molecule has 0 aromatic carbocycles. The van der Waals surface area contributed by atoms with E-state index in [1.54, 1.807) is 6.92 Å². The Morgan fingerprint density at radius 1 is 1.88 bits per heavy atom. The monoisotopic (exact) mass is 202 g/mol. The van der Waals surface area contributed by atoms with Gasteiger partial charge in [-0.3, -0.25) is 0 Å². The maximum atomic E-state index is 11.8. The zero-order chi connectivity index (χ0) is 6.62. The highest BCUT2D eigenvalue weighted by molar-refractivity contribution is 9.39. The first-order valence-electron chi connectivity index (χ1n) is 1.85. The predicted molar refractivity (Wildman–Crippen MR) is 33.5 cm³/mol. The summed E-state index contributed by atoms with van der Waals surface area (Å²) in [5, 5.41) is 0. The van der Waals surface area contributed by atoms with Gasteiger partial charge in [0, 0.05) is 0 Å². The molecule has 0 rings (SSSR count). The molecular weight excluding hydrogens is 198 g/mol. The largest absolute Gasteiger partial charge is 0.483 e. The van der Waals surface area contributed by atoms with Crippen LogP contribution < -0.4 is 0 Å². The van der Waals surface area contributed by atoms with Crippen molar-refractivity contribution in [1.82, 2.24) is 0 Å². The third-order valence-corrected chi connectivity index (χ3v) is 1.19. The highest BCUT2D eigenvalue weighted by Gasteiger charge is 2.13. The first kappa shape index (κ1) is 8.18. The third kappa shape index (κ3) is 6.18. The Balaban J connectivity index is 3.57. The van der Waals surface area contributed by atoms with Gasteiger partial charge in [-0.15, -0.1) is 4.20 Å². The normalized spacial score (nSPS) is 18.4. The lowest BCUT2D eigenvalue weighted by atomic mass is 10.8. The van der Waals surface area contributed by atoms with Crippen LogP contribution in [0.1, 0.15) is 6.92 Å². The van der Waals surface area contributed by atoms with E-state index in [4.69, 9.17) is 0 Å². The molecule has 48 valence electrons. The first-order chi connectivity index (χ1) is 3.56. The van der Waals surface area contributed by atoms with Gasteiger partial charge in [0.25, 0.3) is 0 Å². The van der Waals surface area contributed by atoms with Crippen LogP contribution >= 0.6 is 21.9 Å². The molecule has 2 nitrogen and oxygen atoms in total. The Morgan fingerprint density at radius 3 is 2.50 bits per heavy atom. The SMILES string of the molecule is CC=COP(=O)(F)Br. The van der Waals surface area contributed by atoms with Gasteiger partial charge in [-0.05, 0) is 6.92 Å². The van der Waals surface area contributed by atoms with E-state index in [1.807, 2.05) is 0 Å². The number of halogens is 2. The van der Waals surface area contributed by atoms with Crippen LogP contribution in [0.15, 0.2) is 12.3 Å². The Labute approximate surface area is 55.0 Å². The number of hydrogen-bond donors (Lipinski definition) is 0. The van der Waals surface area contributed by atoms with Gasteiger partial charge in [0.15, 0.2) is 0 Å². The van der Waals surface area contributed by atoms with Crippen molar-refractivity contribution in [2.75, 3.05) is 0 Å². The molecule has 0 radical (unpaired) electrons. The standard InChI is InChI=1S/C3H5BrFO2P/c1-2-3-7-8(4,5)6/h2-3H,1H3. The predicted octanol–water partition coefficient (Wildman–Crippen LogP) is 3.01. The van der Waals surface area contributed by atoms with E-state index in [-0.39, 0.29) is 0 Å². The van der Waals surface area contributed by atoms with Gasteiger partial charge in [-0.25, -0.2) is 4.57 Å². The Morgan fingerprint density at radius 2 is 2.38 bits per heavy atom. The zero-order valence-corrected chi connectivity index (χ0v) is 6.65. The summed E-state index contributed by atoms with van der Waals surface area (Å²) < 4.78 is 25.7. The smallest absolute Gasteiger partial charge is 0.422 e. The van der Waals surface area contributed by atoms with Crippen LogP contribution in [-0.4, -0.2) is 0 Å². The number of rotatable bonds is 2. The van der Waals surface area contributed by atoms with Crippen LogP contribution in [-0.2, 0) is 9.09 Å². The first-order valence-corrected chi connectivity index (χ1v) is 5.38. The average Bonchev–Trinajstić information content (AvgIpc) is 1.59. The molecule has 1 unspecified atom stereocenters. The molecule has 0 saturated carbocycles. The van der Waals surface area contributed by atoms with Crippen LogP contribution in [0, 0.1) is 0 Å². The summed E-state index contributed by atoms with van der Waals surface area (Å²) in [5.74, 6) is 0. The molecule has 0 heterocycles. The Bertz CT molecular complexity index is 129. The van der Waals surface area contributed by atoms with E-state index >= 15 is 0 Å². The molecule has 1 atom stereocenters. The molecule has 0 aromatic heterocycles. The van der Waals surface area contributed by atoms with Crippen molar-refractivity contribution in [2.24, 2.45) is 0 Å². The van der Waals surface area contributed by atoms with Crippen molar-refractivity contribution in [3.05, 3.63) is 12.3 Å². The molecule has 8 heavy (non-hydrogen) atoms. The second-order valence-electron chi connectivity index (χ2n) is 0.989. The van der Waals surface area contributed by atoms with Crippen LogP contribution in [0.25, 0.3) is 0 Å². The van der Waals surface area contributed by atoms with Crippen molar-refractivity contribution in [3.63, 3.8) is 0 Å². The van der Waals surface area contributed by atoms with E-state index < -0.39 is 6.38 Å². The molecule has 0 saturated heterocycles. The summed E-state index contributed by atoms with van der Waals surface area (Å²) >= 11 is 2.19. The van der Waals surface area contributed by atoms with E-state index in [0.29, 0.717) is 0 Å². The lowest BCUT2D eigenvalue weighted by Crippen LogP contribution is -1.61. The molecule has 0 N–H and O–H groups in total. The van der Waals surface area contributed by atoms with Gasteiger partial charge in [-0.1, -0.05) is 6.08 Å². The summed E-state index contributed by atoms with van der Waals surface area (Å²) in [6, 6.07) is 0.